The molecule has 0 saturated carbocycles. The first-order chi connectivity index (χ1) is 10.2. The molecule has 2 N–H and O–H groups in total. The summed E-state index contributed by atoms with van der Waals surface area (Å²) in [6.07, 6.45) is 2.49. The molecule has 0 spiro atoms. The van der Waals surface area contributed by atoms with Gasteiger partial charge in [-0.1, -0.05) is 0 Å². The van der Waals surface area contributed by atoms with Crippen LogP contribution in [0.15, 0.2) is 47.4 Å². The minimum Gasteiger partial charge on any atom is -0.494 e. The number of pyridine rings is 1. The van der Waals surface area contributed by atoms with Crippen molar-refractivity contribution < 1.29 is 9.47 Å². The summed E-state index contributed by atoms with van der Waals surface area (Å²) in [5.41, 5.74) is 6.21. The van der Waals surface area contributed by atoms with Crippen LogP contribution in [0.4, 0.5) is 5.69 Å². The van der Waals surface area contributed by atoms with Crippen molar-refractivity contribution in [1.82, 2.24) is 4.57 Å². The third kappa shape index (κ3) is 4.27. The monoisotopic (exact) mass is 288 g/mol. The molecule has 0 amide bonds. The average Bonchev–Trinajstić information content (AvgIpc) is 2.49. The van der Waals surface area contributed by atoms with Crippen LogP contribution in [0.25, 0.3) is 0 Å². The normalized spacial score (nSPS) is 10.3. The van der Waals surface area contributed by atoms with Crippen LogP contribution in [0.5, 0.6) is 11.5 Å². The number of rotatable bonds is 7. The lowest BCUT2D eigenvalue weighted by atomic mass is 10.3. The molecule has 0 atom stereocenters. The van der Waals surface area contributed by atoms with E-state index in [1.807, 2.05) is 25.1 Å². The van der Waals surface area contributed by atoms with Gasteiger partial charge in [-0.2, -0.15) is 0 Å². The zero-order chi connectivity index (χ0) is 15.1. The Bertz CT molecular complexity index is 620. The Balaban J connectivity index is 1.85. The van der Waals surface area contributed by atoms with Crippen LogP contribution in [0.1, 0.15) is 13.3 Å². The standard InChI is InChI=1S/C16H20N2O3/c1-2-20-15-5-3-10-18(16(15)19)11-4-12-21-14-8-6-13(17)7-9-14/h3,5-10H,2,4,11-12,17H2,1H3. The van der Waals surface area contributed by atoms with Crippen molar-refractivity contribution in [2.75, 3.05) is 18.9 Å². The fraction of sp³-hybridized carbons (Fsp3) is 0.312. The summed E-state index contributed by atoms with van der Waals surface area (Å²) in [4.78, 5) is 12.0. The molecule has 21 heavy (non-hydrogen) atoms. The Hall–Kier alpha value is -2.43. The van der Waals surface area contributed by atoms with Crippen LogP contribution in [0.2, 0.25) is 0 Å². The van der Waals surface area contributed by atoms with Crippen molar-refractivity contribution in [1.29, 1.82) is 0 Å². The number of hydrogen-bond donors (Lipinski definition) is 1. The first kappa shape index (κ1) is 15.0. The Morgan fingerprint density at radius 3 is 2.62 bits per heavy atom. The number of aryl methyl sites for hydroxylation is 1. The molecule has 0 saturated heterocycles. The van der Waals surface area contributed by atoms with Gasteiger partial charge in [0.15, 0.2) is 5.75 Å². The van der Waals surface area contributed by atoms with E-state index >= 15 is 0 Å². The van der Waals surface area contributed by atoms with Gasteiger partial charge in [-0.05, 0) is 49.7 Å². The molecular weight excluding hydrogens is 268 g/mol. The number of nitrogens with zero attached hydrogens (tertiary/aromatic N) is 1. The number of ether oxygens (including phenoxy) is 2. The van der Waals surface area contributed by atoms with Gasteiger partial charge >= 0.3 is 0 Å². The highest BCUT2D eigenvalue weighted by Gasteiger charge is 2.03. The maximum atomic E-state index is 12.0. The summed E-state index contributed by atoms with van der Waals surface area (Å²) in [6, 6.07) is 10.8. The molecule has 5 nitrogen and oxygen atoms in total. The molecule has 2 aromatic rings. The zero-order valence-electron chi connectivity index (χ0n) is 12.1. The molecule has 2 rings (SSSR count). The van der Waals surface area contributed by atoms with E-state index in [2.05, 4.69) is 0 Å². The molecule has 1 aromatic heterocycles. The molecule has 0 radical (unpaired) electrons. The van der Waals surface area contributed by atoms with Gasteiger partial charge in [-0.15, -0.1) is 0 Å². The Kier molecular flexibility index (Phi) is 5.26. The maximum absolute atomic E-state index is 12.0. The van der Waals surface area contributed by atoms with E-state index in [9.17, 15) is 4.79 Å². The zero-order valence-corrected chi connectivity index (χ0v) is 12.1. The third-order valence-corrected chi connectivity index (χ3v) is 2.98. The second-order valence-electron chi connectivity index (χ2n) is 4.58. The third-order valence-electron chi connectivity index (χ3n) is 2.98. The van der Waals surface area contributed by atoms with Crippen LogP contribution in [-0.4, -0.2) is 17.8 Å². The van der Waals surface area contributed by atoms with Gasteiger partial charge in [0.05, 0.1) is 13.2 Å². The lowest BCUT2D eigenvalue weighted by Gasteiger charge is -2.09. The van der Waals surface area contributed by atoms with Crippen molar-refractivity contribution in [2.24, 2.45) is 0 Å². The summed E-state index contributed by atoms with van der Waals surface area (Å²) in [6.45, 7) is 3.47. The quantitative estimate of drug-likeness (QED) is 0.627. The van der Waals surface area contributed by atoms with Crippen LogP contribution in [-0.2, 0) is 6.54 Å². The molecule has 1 heterocycles. The SMILES string of the molecule is CCOc1cccn(CCCOc2ccc(N)cc2)c1=O. The van der Waals surface area contributed by atoms with Crippen LogP contribution in [0, 0.1) is 0 Å². The predicted molar refractivity (Wildman–Crippen MR) is 82.8 cm³/mol. The number of aromatic nitrogens is 1. The van der Waals surface area contributed by atoms with Gasteiger partial charge in [-0.25, -0.2) is 0 Å². The minimum absolute atomic E-state index is 0.105. The van der Waals surface area contributed by atoms with E-state index in [-0.39, 0.29) is 5.56 Å². The second-order valence-corrected chi connectivity index (χ2v) is 4.58. The first-order valence-electron chi connectivity index (χ1n) is 7.01. The van der Waals surface area contributed by atoms with Crippen LogP contribution >= 0.6 is 0 Å². The molecule has 0 aliphatic carbocycles. The van der Waals surface area contributed by atoms with Crippen molar-refractivity contribution in [3.8, 4) is 11.5 Å². The molecule has 0 bridgehead atoms. The Labute approximate surface area is 123 Å². The fourth-order valence-electron chi connectivity index (χ4n) is 1.95. The van der Waals surface area contributed by atoms with Gasteiger partial charge in [0.1, 0.15) is 5.75 Å². The summed E-state index contributed by atoms with van der Waals surface area (Å²) < 4.78 is 12.5. The minimum atomic E-state index is -0.105. The molecule has 0 aliphatic heterocycles. The number of anilines is 1. The second kappa shape index (κ2) is 7.38. The van der Waals surface area contributed by atoms with E-state index in [0.717, 1.165) is 12.2 Å². The summed E-state index contributed by atoms with van der Waals surface area (Å²) >= 11 is 0. The lowest BCUT2D eigenvalue weighted by Crippen LogP contribution is -2.22. The number of hydrogen-bond acceptors (Lipinski definition) is 4. The van der Waals surface area contributed by atoms with Gasteiger partial charge in [0.25, 0.3) is 5.56 Å². The average molecular weight is 288 g/mol. The largest absolute Gasteiger partial charge is 0.494 e. The number of nitrogens with two attached hydrogens (primary N) is 1. The van der Waals surface area contributed by atoms with Crippen LogP contribution in [0.3, 0.4) is 0 Å². The molecule has 0 unspecified atom stereocenters. The number of nitrogen functional groups attached to an aromatic ring is 1. The van der Waals surface area contributed by atoms with Crippen molar-refractivity contribution >= 4 is 5.69 Å². The summed E-state index contributed by atoms with van der Waals surface area (Å²) in [5, 5.41) is 0. The van der Waals surface area contributed by atoms with Crippen LogP contribution < -0.4 is 20.8 Å². The van der Waals surface area contributed by atoms with E-state index < -0.39 is 0 Å². The van der Waals surface area contributed by atoms with Gasteiger partial charge in [0, 0.05) is 18.4 Å². The van der Waals surface area contributed by atoms with Gasteiger partial charge in [0.2, 0.25) is 0 Å². The van der Waals surface area contributed by atoms with E-state index in [1.165, 1.54) is 0 Å². The highest BCUT2D eigenvalue weighted by molar-refractivity contribution is 5.41. The lowest BCUT2D eigenvalue weighted by molar-refractivity contribution is 0.298. The molecule has 0 fully saturated rings. The van der Waals surface area contributed by atoms with Crippen molar-refractivity contribution in [3.05, 3.63) is 52.9 Å². The molecule has 112 valence electrons. The summed E-state index contributed by atoms with van der Waals surface area (Å²) in [7, 11) is 0. The van der Waals surface area contributed by atoms with E-state index in [4.69, 9.17) is 15.2 Å². The van der Waals surface area contributed by atoms with Gasteiger partial charge < -0.3 is 19.8 Å². The van der Waals surface area contributed by atoms with E-state index in [1.54, 1.807) is 29.0 Å². The smallest absolute Gasteiger partial charge is 0.292 e. The molecule has 1 aromatic carbocycles. The van der Waals surface area contributed by atoms with Crippen molar-refractivity contribution in [2.45, 2.75) is 19.9 Å². The number of benzene rings is 1. The topological polar surface area (TPSA) is 66.5 Å². The predicted octanol–water partition coefficient (Wildman–Crippen LogP) is 2.30. The molecular formula is C16H20N2O3. The van der Waals surface area contributed by atoms with Gasteiger partial charge in [-0.3, -0.25) is 4.79 Å². The fourth-order valence-corrected chi connectivity index (χ4v) is 1.95. The first-order valence-corrected chi connectivity index (χ1v) is 7.01. The maximum Gasteiger partial charge on any atom is 0.292 e. The highest BCUT2D eigenvalue weighted by Crippen LogP contribution is 2.13. The van der Waals surface area contributed by atoms with Crippen molar-refractivity contribution in [3.63, 3.8) is 0 Å². The van der Waals surface area contributed by atoms with E-state index in [0.29, 0.717) is 31.2 Å². The summed E-state index contributed by atoms with van der Waals surface area (Å²) in [5.74, 6) is 1.17. The highest BCUT2D eigenvalue weighted by atomic mass is 16.5. The molecule has 5 heteroatoms. The Morgan fingerprint density at radius 2 is 1.90 bits per heavy atom. The molecule has 0 aliphatic rings. The Morgan fingerprint density at radius 1 is 1.14 bits per heavy atom.